The van der Waals surface area contributed by atoms with Crippen molar-refractivity contribution < 1.29 is 55.3 Å². The number of aliphatic hydroxyl groups is 1. The van der Waals surface area contributed by atoms with Gasteiger partial charge in [-0.3, -0.25) is 4.57 Å². The number of nitrogens with zero attached hydrogens (tertiary/aromatic N) is 1. The van der Waals surface area contributed by atoms with Gasteiger partial charge in [0.2, 0.25) is 0 Å². The van der Waals surface area contributed by atoms with Crippen LogP contribution in [-0.2, 0) is 30.4 Å². The molecule has 0 aromatic carbocycles. The van der Waals surface area contributed by atoms with E-state index in [1.165, 1.54) is 70.6 Å². The van der Waals surface area contributed by atoms with Crippen molar-refractivity contribution in [2.45, 2.75) is 110 Å². The second-order valence-electron chi connectivity index (χ2n) is 10.5. The molecule has 0 bridgehead atoms. The Morgan fingerprint density at radius 2 is 1.40 bits per heavy atom. The van der Waals surface area contributed by atoms with Gasteiger partial charge in [0.25, 0.3) is 7.82 Å². The summed E-state index contributed by atoms with van der Waals surface area (Å²) in [5.41, 5.74) is 4.42. The molecule has 0 spiro atoms. The van der Waals surface area contributed by atoms with Crippen LogP contribution in [0.2, 0.25) is 0 Å². The van der Waals surface area contributed by atoms with Crippen molar-refractivity contribution in [2.75, 3.05) is 26.2 Å². The third-order valence-electron chi connectivity index (χ3n) is 7.25. The number of rotatable bonds is 16. The van der Waals surface area contributed by atoms with Gasteiger partial charge in [-0.25, -0.2) is 0 Å². The number of aliphatic carboxylic acids is 1. The van der Waals surface area contributed by atoms with E-state index in [9.17, 15) is 15.0 Å². The van der Waals surface area contributed by atoms with Crippen LogP contribution >= 0.6 is 7.82 Å². The summed E-state index contributed by atoms with van der Waals surface area (Å²) in [5, 5.41) is 21.8. The molecule has 1 saturated carbocycles. The first-order chi connectivity index (χ1) is 18.0. The number of allylic oxidation sites excluding steroid dienone is 4. The topological polar surface area (TPSA) is 205 Å². The van der Waals surface area contributed by atoms with Crippen LogP contribution < -0.4 is 21.9 Å². The fourth-order valence-corrected chi connectivity index (χ4v) is 4.81. The summed E-state index contributed by atoms with van der Waals surface area (Å²) < 4.78 is 8.77. The van der Waals surface area contributed by atoms with Crippen molar-refractivity contribution in [3.8, 4) is 0 Å². The number of hydrogen-bond acceptors (Lipinski definition) is 8. The first kappa shape index (κ1) is 44.0. The number of unbranched alkanes of at least 4 members (excludes halogenated alkanes) is 6. The van der Waals surface area contributed by atoms with Gasteiger partial charge in [-0.2, -0.15) is 0 Å². The van der Waals surface area contributed by atoms with Gasteiger partial charge < -0.3 is 46.5 Å². The van der Waals surface area contributed by atoms with E-state index in [-0.39, 0.29) is 39.7 Å². The van der Waals surface area contributed by atoms with Crippen molar-refractivity contribution in [3.63, 3.8) is 0 Å². The van der Waals surface area contributed by atoms with Gasteiger partial charge in [-0.1, -0.05) is 95.9 Å². The second kappa shape index (κ2) is 26.2. The average molecular weight is 773 g/mol. The summed E-state index contributed by atoms with van der Waals surface area (Å²) in [7, 11) is -4.89. The number of aliphatic hydroxyl groups excluding tert-OH is 1. The zero-order valence-electron chi connectivity index (χ0n) is 24.7. The quantitative estimate of drug-likeness (QED) is 0.115. The molecule has 0 aromatic rings. The van der Waals surface area contributed by atoms with Gasteiger partial charge in [0.1, 0.15) is 0 Å². The standard InChI is InChI=1S/C22H39NO3.C6H13N.H3N.H3O4P.Pt/c1-3-5-7-11-16-23(17-12-8-6-4-2)18-15-22(19-24,21(25)26)20-13-9-10-14-20;7-6-4-2-1-3-5-6;;1-5(2,3)4;/h9-10,13-14,20,24H,3-8,11-12,15-19H2,1-2H3,(H,25,26);6H,1-5,7H2;1H3;(H3,1,2,3,4);/q;;;;+2/p-2. The summed E-state index contributed by atoms with van der Waals surface area (Å²) in [4.78, 5) is 37.2. The molecule has 2 aliphatic rings. The maximum Gasteiger partial charge on any atom is 2.00 e. The first-order valence-corrected chi connectivity index (χ1v) is 15.9. The minimum atomic E-state index is -4.89. The molecule has 2 rings (SSSR count). The largest absolute Gasteiger partial charge is 2.00 e. The predicted molar refractivity (Wildman–Crippen MR) is 154 cm³/mol. The number of hydrogen-bond donors (Lipinski definition) is 5. The fourth-order valence-electron chi connectivity index (χ4n) is 4.81. The fraction of sp³-hybridized carbons (Fsp3) is 0.821. The molecular weight excluding hydrogens is 716 g/mol. The van der Waals surface area contributed by atoms with Crippen LogP contribution in [0.5, 0.6) is 0 Å². The number of nitrogens with two attached hydrogens (primary N) is 1. The van der Waals surface area contributed by atoms with E-state index < -0.39 is 19.2 Å². The molecule has 0 saturated heterocycles. The summed E-state index contributed by atoms with van der Waals surface area (Å²) in [6.45, 7) is 6.76. The van der Waals surface area contributed by atoms with Gasteiger partial charge in [-0.05, 0) is 51.7 Å². The Balaban J connectivity index is -0.000000808. The van der Waals surface area contributed by atoms with Crippen molar-refractivity contribution in [1.82, 2.24) is 11.1 Å². The number of carbonyl (C=O) groups excluding carboxylic acids is 1. The summed E-state index contributed by atoms with van der Waals surface area (Å²) in [5.74, 6) is -1.42. The number of carboxylic acids is 1. The SMILES string of the molecule is CCCCCCN(CCCCCC)CCC(CO)(C(=O)[O-])C1C=CC=C1.N.NC1CCCCC1.O=P([O-])(O)O.[Pt+2]. The molecule has 10 nitrogen and oxygen atoms in total. The molecule has 8 N–H and O–H groups in total. The normalized spacial score (nSPS) is 16.6. The van der Waals surface area contributed by atoms with Gasteiger partial charge >= 0.3 is 21.1 Å². The zero-order chi connectivity index (χ0) is 28.9. The van der Waals surface area contributed by atoms with Crippen LogP contribution in [0.25, 0.3) is 0 Å². The molecule has 1 fully saturated rings. The van der Waals surface area contributed by atoms with Crippen molar-refractivity contribution in [2.24, 2.45) is 17.1 Å². The number of carboxylic acid groups (broad SMARTS) is 1. The summed E-state index contributed by atoms with van der Waals surface area (Å²) >= 11 is 0. The molecule has 0 radical (unpaired) electrons. The molecule has 12 heteroatoms. The Morgan fingerprint density at radius 3 is 1.73 bits per heavy atom. The van der Waals surface area contributed by atoms with Crippen molar-refractivity contribution in [3.05, 3.63) is 24.3 Å². The first-order valence-electron chi connectivity index (χ1n) is 14.4. The molecule has 0 aromatic heterocycles. The van der Waals surface area contributed by atoms with E-state index in [0.29, 0.717) is 19.0 Å². The predicted octanol–water partition coefficient (Wildman–Crippen LogP) is 3.19. The summed E-state index contributed by atoms with van der Waals surface area (Å²) in [6, 6.07) is 0.536. The maximum atomic E-state index is 11.9. The molecule has 0 heterocycles. The Hall–Kier alpha value is -0.412. The summed E-state index contributed by atoms with van der Waals surface area (Å²) in [6.07, 6.45) is 24.2. The van der Waals surface area contributed by atoms with E-state index in [1.54, 1.807) is 0 Å². The molecule has 1 unspecified atom stereocenters. The average Bonchev–Trinajstić information content (AvgIpc) is 3.39. The van der Waals surface area contributed by atoms with Crippen LogP contribution in [0.1, 0.15) is 104 Å². The van der Waals surface area contributed by atoms with E-state index in [2.05, 4.69) is 18.7 Å². The van der Waals surface area contributed by atoms with Crippen molar-refractivity contribution >= 4 is 13.8 Å². The zero-order valence-corrected chi connectivity index (χ0v) is 27.8. The second-order valence-corrected chi connectivity index (χ2v) is 11.5. The van der Waals surface area contributed by atoms with Gasteiger partial charge in [0.05, 0.1) is 12.6 Å². The maximum absolute atomic E-state index is 11.9. The van der Waals surface area contributed by atoms with Crippen LogP contribution in [-0.4, -0.2) is 58.0 Å². The monoisotopic (exact) mass is 772 g/mol. The number of carbonyl (C=O) groups is 1. The Kier molecular flexibility index (Phi) is 28.9. The van der Waals surface area contributed by atoms with E-state index in [1.807, 2.05) is 24.3 Å². The van der Waals surface area contributed by atoms with Crippen molar-refractivity contribution in [1.29, 1.82) is 0 Å². The third-order valence-corrected chi connectivity index (χ3v) is 7.25. The van der Waals surface area contributed by atoms with E-state index >= 15 is 0 Å². The van der Waals surface area contributed by atoms with Gasteiger partial charge in [0, 0.05) is 17.4 Å². The minimum Gasteiger partial charge on any atom is -0.756 e. The van der Waals surface area contributed by atoms with Crippen LogP contribution in [0.3, 0.4) is 0 Å². The third kappa shape index (κ3) is 22.2. The molecule has 0 amide bonds. The van der Waals surface area contributed by atoms with Crippen LogP contribution in [0.4, 0.5) is 0 Å². The van der Waals surface area contributed by atoms with Crippen LogP contribution in [0, 0.1) is 11.3 Å². The molecule has 240 valence electrons. The number of phosphoric acid groups is 1. The molecule has 1 atom stereocenters. The smallest absolute Gasteiger partial charge is 0.756 e. The molecule has 0 aliphatic heterocycles. The molecular formula is C28H56N3O7PPt. The van der Waals surface area contributed by atoms with Crippen LogP contribution in [0.15, 0.2) is 24.3 Å². The van der Waals surface area contributed by atoms with Gasteiger partial charge in [0.15, 0.2) is 0 Å². The Bertz CT molecular complexity index is 686. The van der Waals surface area contributed by atoms with E-state index in [4.69, 9.17) is 25.0 Å². The minimum absolute atomic E-state index is 0. The molecule has 40 heavy (non-hydrogen) atoms. The Morgan fingerprint density at radius 1 is 0.950 bits per heavy atom. The van der Waals surface area contributed by atoms with Gasteiger partial charge in [-0.15, -0.1) is 0 Å². The molecule has 2 aliphatic carbocycles. The Labute approximate surface area is 257 Å². The van der Waals surface area contributed by atoms with E-state index in [0.717, 1.165) is 25.9 Å².